The Kier molecular flexibility index (Phi) is 4.69. The molecular weight excluding hydrogens is 292 g/mol. The standard InChI is InChI=1S/C13H20N4O3S/c1-16-12(19)8-9(14)10(11(15)18)21-13(8)17-5-3-7(20-2)4-6-17/h7H,3-6,14H2,1-2H3,(H2,15,18)(H,16,19). The number of hydrogen-bond donors (Lipinski definition) is 3. The van der Waals surface area contributed by atoms with Crippen LogP contribution in [0.5, 0.6) is 0 Å². The maximum atomic E-state index is 12.1. The third-order valence-electron chi connectivity index (χ3n) is 3.67. The molecule has 0 aliphatic carbocycles. The fourth-order valence-electron chi connectivity index (χ4n) is 2.48. The Balaban J connectivity index is 2.36. The first-order chi connectivity index (χ1) is 9.99. The molecule has 0 radical (unpaired) electrons. The second-order valence-electron chi connectivity index (χ2n) is 4.89. The van der Waals surface area contributed by atoms with E-state index in [4.69, 9.17) is 16.2 Å². The van der Waals surface area contributed by atoms with Crippen LogP contribution in [0.4, 0.5) is 10.7 Å². The van der Waals surface area contributed by atoms with Crippen molar-refractivity contribution in [2.24, 2.45) is 5.73 Å². The predicted molar refractivity (Wildman–Crippen MR) is 82.9 cm³/mol. The van der Waals surface area contributed by atoms with Gasteiger partial charge in [-0.2, -0.15) is 0 Å². The van der Waals surface area contributed by atoms with Gasteiger partial charge in [0.05, 0.1) is 17.4 Å². The van der Waals surface area contributed by atoms with E-state index in [9.17, 15) is 9.59 Å². The van der Waals surface area contributed by atoms with Gasteiger partial charge in [-0.3, -0.25) is 9.59 Å². The van der Waals surface area contributed by atoms with E-state index in [0.29, 0.717) is 10.6 Å². The monoisotopic (exact) mass is 312 g/mol. The van der Waals surface area contributed by atoms with Crippen LogP contribution < -0.4 is 21.7 Å². The first kappa shape index (κ1) is 15.6. The molecule has 0 saturated carbocycles. The van der Waals surface area contributed by atoms with Crippen molar-refractivity contribution in [3.8, 4) is 0 Å². The van der Waals surface area contributed by atoms with Crippen LogP contribution in [0.15, 0.2) is 0 Å². The molecule has 8 heteroatoms. The zero-order valence-corrected chi connectivity index (χ0v) is 13.0. The number of nitrogen functional groups attached to an aromatic ring is 1. The van der Waals surface area contributed by atoms with Crippen molar-refractivity contribution in [2.45, 2.75) is 18.9 Å². The summed E-state index contributed by atoms with van der Waals surface area (Å²) in [4.78, 5) is 25.8. The molecule has 0 unspecified atom stereocenters. The topological polar surface area (TPSA) is 111 Å². The van der Waals surface area contributed by atoms with Gasteiger partial charge in [-0.25, -0.2) is 0 Å². The van der Waals surface area contributed by atoms with E-state index < -0.39 is 5.91 Å². The Morgan fingerprint density at radius 3 is 2.48 bits per heavy atom. The number of piperidine rings is 1. The first-order valence-electron chi connectivity index (χ1n) is 6.71. The van der Waals surface area contributed by atoms with Gasteiger partial charge in [0.25, 0.3) is 11.8 Å². The summed E-state index contributed by atoms with van der Waals surface area (Å²) in [5.74, 6) is -0.916. The number of rotatable bonds is 4. The summed E-state index contributed by atoms with van der Waals surface area (Å²) in [6.07, 6.45) is 1.97. The minimum atomic E-state index is -0.610. The summed E-state index contributed by atoms with van der Waals surface area (Å²) in [6, 6.07) is 0. The smallest absolute Gasteiger partial charge is 0.260 e. The van der Waals surface area contributed by atoms with Gasteiger partial charge in [-0.05, 0) is 12.8 Å². The van der Waals surface area contributed by atoms with E-state index in [0.717, 1.165) is 25.9 Å². The molecule has 116 valence electrons. The molecule has 1 aromatic heterocycles. The number of primary amides is 1. The predicted octanol–water partition coefficient (Wildman–Crippen LogP) is 0.404. The molecule has 7 nitrogen and oxygen atoms in total. The van der Waals surface area contributed by atoms with Gasteiger partial charge in [0.15, 0.2) is 0 Å². The zero-order chi connectivity index (χ0) is 15.6. The number of amides is 2. The van der Waals surface area contributed by atoms with Crippen LogP contribution in [0.3, 0.4) is 0 Å². The molecule has 1 saturated heterocycles. The van der Waals surface area contributed by atoms with Gasteiger partial charge in [0.2, 0.25) is 0 Å². The molecule has 5 N–H and O–H groups in total. The van der Waals surface area contributed by atoms with Crippen molar-refractivity contribution < 1.29 is 14.3 Å². The zero-order valence-electron chi connectivity index (χ0n) is 12.1. The maximum absolute atomic E-state index is 12.1. The van der Waals surface area contributed by atoms with E-state index in [2.05, 4.69) is 10.2 Å². The number of ether oxygens (including phenoxy) is 1. The lowest BCUT2D eigenvalue weighted by molar-refractivity contribution is 0.0819. The molecule has 2 rings (SSSR count). The minimum Gasteiger partial charge on any atom is -0.397 e. The summed E-state index contributed by atoms with van der Waals surface area (Å²) < 4.78 is 5.34. The van der Waals surface area contributed by atoms with Gasteiger partial charge >= 0.3 is 0 Å². The largest absolute Gasteiger partial charge is 0.397 e. The SMILES string of the molecule is CNC(=O)c1c(N2CCC(OC)CC2)sc(C(N)=O)c1N. The third-order valence-corrected chi connectivity index (χ3v) is 4.95. The second kappa shape index (κ2) is 6.31. The number of methoxy groups -OCH3 is 1. The Morgan fingerprint density at radius 2 is 2.00 bits per heavy atom. The van der Waals surface area contributed by atoms with E-state index in [1.165, 1.54) is 18.4 Å². The average Bonchev–Trinajstić information content (AvgIpc) is 2.84. The van der Waals surface area contributed by atoms with Gasteiger partial charge in [0, 0.05) is 27.2 Å². The van der Waals surface area contributed by atoms with Gasteiger partial charge in [-0.15, -0.1) is 11.3 Å². The molecule has 2 heterocycles. The number of nitrogens with one attached hydrogen (secondary N) is 1. The Morgan fingerprint density at radius 1 is 1.38 bits per heavy atom. The van der Waals surface area contributed by atoms with Crippen LogP contribution in [-0.4, -0.2) is 45.2 Å². The van der Waals surface area contributed by atoms with Crippen LogP contribution in [0.2, 0.25) is 0 Å². The fraction of sp³-hybridized carbons (Fsp3) is 0.538. The van der Waals surface area contributed by atoms with E-state index >= 15 is 0 Å². The molecule has 1 aliphatic heterocycles. The number of nitrogens with two attached hydrogens (primary N) is 2. The Labute approximate surface area is 127 Å². The van der Waals surface area contributed by atoms with Crippen molar-refractivity contribution >= 4 is 33.8 Å². The Hall–Kier alpha value is -1.80. The first-order valence-corrected chi connectivity index (χ1v) is 7.53. The van der Waals surface area contributed by atoms with E-state index in [-0.39, 0.29) is 22.6 Å². The number of hydrogen-bond acceptors (Lipinski definition) is 6. The normalized spacial score (nSPS) is 16.0. The summed E-state index contributed by atoms with van der Waals surface area (Å²) in [5, 5.41) is 3.26. The van der Waals surface area contributed by atoms with Crippen molar-refractivity contribution in [1.82, 2.24) is 5.32 Å². The summed E-state index contributed by atoms with van der Waals surface area (Å²) in [5.41, 5.74) is 11.8. The number of anilines is 2. The van der Waals surface area contributed by atoms with Crippen molar-refractivity contribution in [3.63, 3.8) is 0 Å². The molecule has 0 atom stereocenters. The molecule has 1 aromatic rings. The van der Waals surface area contributed by atoms with Gasteiger partial charge < -0.3 is 26.4 Å². The van der Waals surface area contributed by atoms with Crippen LogP contribution in [0.25, 0.3) is 0 Å². The molecule has 2 amide bonds. The molecule has 0 bridgehead atoms. The average molecular weight is 312 g/mol. The molecular formula is C13H20N4O3S. The number of nitrogens with zero attached hydrogens (tertiary/aromatic N) is 1. The quantitative estimate of drug-likeness (QED) is 0.745. The van der Waals surface area contributed by atoms with Crippen LogP contribution in [-0.2, 0) is 4.74 Å². The van der Waals surface area contributed by atoms with E-state index in [1.54, 1.807) is 7.11 Å². The highest BCUT2D eigenvalue weighted by Gasteiger charge is 2.29. The van der Waals surface area contributed by atoms with Crippen molar-refractivity contribution in [2.75, 3.05) is 37.9 Å². The maximum Gasteiger partial charge on any atom is 0.260 e. The van der Waals surface area contributed by atoms with Crippen LogP contribution in [0.1, 0.15) is 32.9 Å². The lowest BCUT2D eigenvalue weighted by Crippen LogP contribution is -2.37. The molecule has 1 fully saturated rings. The minimum absolute atomic E-state index is 0.163. The lowest BCUT2D eigenvalue weighted by atomic mass is 10.1. The van der Waals surface area contributed by atoms with Crippen molar-refractivity contribution in [3.05, 3.63) is 10.4 Å². The van der Waals surface area contributed by atoms with E-state index in [1.807, 2.05) is 0 Å². The summed E-state index contributed by atoms with van der Waals surface area (Å²) >= 11 is 1.18. The molecule has 0 aromatic carbocycles. The van der Waals surface area contributed by atoms with Crippen LogP contribution in [0, 0.1) is 0 Å². The van der Waals surface area contributed by atoms with Gasteiger partial charge in [0.1, 0.15) is 9.88 Å². The number of thiophene rings is 1. The summed E-state index contributed by atoms with van der Waals surface area (Å²) in [7, 11) is 3.23. The highest BCUT2D eigenvalue weighted by atomic mass is 32.1. The summed E-state index contributed by atoms with van der Waals surface area (Å²) in [6.45, 7) is 1.50. The van der Waals surface area contributed by atoms with Crippen LogP contribution >= 0.6 is 11.3 Å². The fourth-order valence-corrected chi connectivity index (χ4v) is 3.60. The second-order valence-corrected chi connectivity index (χ2v) is 5.89. The Bertz CT molecular complexity index is 550. The molecule has 21 heavy (non-hydrogen) atoms. The number of carbonyl (C=O) groups excluding carboxylic acids is 2. The molecule has 0 spiro atoms. The highest BCUT2D eigenvalue weighted by molar-refractivity contribution is 7.19. The van der Waals surface area contributed by atoms with Crippen molar-refractivity contribution in [1.29, 1.82) is 0 Å². The lowest BCUT2D eigenvalue weighted by Gasteiger charge is -2.32. The molecule has 1 aliphatic rings. The van der Waals surface area contributed by atoms with Gasteiger partial charge in [-0.1, -0.05) is 0 Å². The highest BCUT2D eigenvalue weighted by Crippen LogP contribution is 2.39. The third kappa shape index (κ3) is 2.96. The number of carbonyl (C=O) groups is 2.